The first-order valence-corrected chi connectivity index (χ1v) is 5.92. The topological polar surface area (TPSA) is 56.7 Å². The number of fused-ring (bicyclic) bond motifs is 3. The summed E-state index contributed by atoms with van der Waals surface area (Å²) >= 11 is 0. The van der Waals surface area contributed by atoms with Gasteiger partial charge in [0.05, 0.1) is 12.6 Å². The Kier molecular flexibility index (Phi) is 2.57. The Bertz CT molecular complexity index is 438. The van der Waals surface area contributed by atoms with Crippen LogP contribution in [-0.2, 0) is 4.79 Å². The molecular formula is C12H16N4O. The number of dihydropyridines is 1. The molecule has 0 spiro atoms. The van der Waals surface area contributed by atoms with E-state index < -0.39 is 0 Å². The number of rotatable bonds is 1. The lowest BCUT2D eigenvalue weighted by Gasteiger charge is -2.41. The van der Waals surface area contributed by atoms with E-state index in [0.29, 0.717) is 13.0 Å². The standard InChI is InChI=1S/C12H16N4O/c1-13-16-7-8-5-9(17)6-15-11(8)10-3-2-4-14-12(10)16/h3-4,7,11-13,15H,2,5-6H2,1H3. The minimum atomic E-state index is 0.0307. The van der Waals surface area contributed by atoms with Crippen LogP contribution in [0.2, 0.25) is 0 Å². The Labute approximate surface area is 100 Å². The predicted octanol–water partition coefficient (Wildman–Crippen LogP) is -0.0217. The second-order valence-electron chi connectivity index (χ2n) is 4.51. The van der Waals surface area contributed by atoms with Crippen LogP contribution in [0.5, 0.6) is 0 Å². The van der Waals surface area contributed by atoms with Crippen molar-refractivity contribution in [3.63, 3.8) is 0 Å². The average molecular weight is 232 g/mol. The number of hydrogen-bond acceptors (Lipinski definition) is 5. The van der Waals surface area contributed by atoms with Gasteiger partial charge in [0.2, 0.25) is 0 Å². The summed E-state index contributed by atoms with van der Waals surface area (Å²) in [7, 11) is 1.87. The molecule has 0 aromatic rings. The minimum absolute atomic E-state index is 0.0307. The van der Waals surface area contributed by atoms with Gasteiger partial charge in [0, 0.05) is 32.3 Å². The van der Waals surface area contributed by atoms with Crippen molar-refractivity contribution in [3.8, 4) is 0 Å². The molecular weight excluding hydrogens is 216 g/mol. The van der Waals surface area contributed by atoms with Crippen LogP contribution in [0.4, 0.5) is 0 Å². The first kappa shape index (κ1) is 10.7. The first-order valence-electron chi connectivity index (χ1n) is 5.92. The molecule has 2 unspecified atom stereocenters. The third-order valence-electron chi connectivity index (χ3n) is 3.44. The van der Waals surface area contributed by atoms with Gasteiger partial charge in [0.15, 0.2) is 11.9 Å². The van der Waals surface area contributed by atoms with Crippen molar-refractivity contribution in [1.29, 1.82) is 0 Å². The summed E-state index contributed by atoms with van der Waals surface area (Å²) in [5.41, 5.74) is 5.51. The molecule has 0 aromatic carbocycles. The molecule has 0 radical (unpaired) electrons. The van der Waals surface area contributed by atoms with E-state index in [2.05, 4.69) is 21.8 Å². The number of hydrogen-bond donors (Lipinski definition) is 2. The SMILES string of the molecule is CNN1C=C2CC(=O)CNC2C2=CCC=NC21. The van der Waals surface area contributed by atoms with Crippen LogP contribution in [0.25, 0.3) is 0 Å². The highest BCUT2D eigenvalue weighted by Gasteiger charge is 2.36. The second-order valence-corrected chi connectivity index (χ2v) is 4.51. The lowest BCUT2D eigenvalue weighted by atomic mass is 9.86. The van der Waals surface area contributed by atoms with Gasteiger partial charge in [-0.15, -0.1) is 0 Å². The van der Waals surface area contributed by atoms with Gasteiger partial charge < -0.3 is 0 Å². The molecule has 3 heterocycles. The van der Waals surface area contributed by atoms with Gasteiger partial charge in [-0.25, -0.2) is 5.43 Å². The third kappa shape index (κ3) is 1.71. The number of nitrogens with one attached hydrogen (secondary N) is 2. The van der Waals surface area contributed by atoms with Gasteiger partial charge in [0.1, 0.15) is 0 Å². The lowest BCUT2D eigenvalue weighted by molar-refractivity contribution is -0.118. The zero-order chi connectivity index (χ0) is 11.8. The van der Waals surface area contributed by atoms with Crippen molar-refractivity contribution < 1.29 is 4.79 Å². The van der Waals surface area contributed by atoms with Crippen LogP contribution in [-0.4, -0.2) is 42.8 Å². The second kappa shape index (κ2) is 4.09. The van der Waals surface area contributed by atoms with Crippen LogP contribution in [0.1, 0.15) is 12.8 Å². The lowest BCUT2D eigenvalue weighted by Crippen LogP contribution is -2.53. The number of aliphatic imine (C=N–C) groups is 1. The highest BCUT2D eigenvalue weighted by Crippen LogP contribution is 2.31. The molecule has 0 saturated carbocycles. The molecule has 1 saturated heterocycles. The number of nitrogens with zero attached hydrogens (tertiary/aromatic N) is 2. The van der Waals surface area contributed by atoms with Crippen molar-refractivity contribution >= 4 is 12.0 Å². The maximum absolute atomic E-state index is 11.5. The monoisotopic (exact) mass is 232 g/mol. The average Bonchev–Trinajstić information content (AvgIpc) is 2.37. The molecule has 2 atom stereocenters. The van der Waals surface area contributed by atoms with Gasteiger partial charge in [-0.05, 0) is 11.1 Å². The van der Waals surface area contributed by atoms with Crippen LogP contribution >= 0.6 is 0 Å². The maximum atomic E-state index is 11.5. The third-order valence-corrected chi connectivity index (χ3v) is 3.44. The van der Waals surface area contributed by atoms with Gasteiger partial charge in [-0.1, -0.05) is 6.08 Å². The highest BCUT2D eigenvalue weighted by molar-refractivity contribution is 5.85. The van der Waals surface area contributed by atoms with E-state index >= 15 is 0 Å². The molecule has 3 aliphatic rings. The number of allylic oxidation sites excluding steroid dienone is 1. The molecule has 0 aromatic heterocycles. The first-order chi connectivity index (χ1) is 8.29. The fourth-order valence-electron chi connectivity index (χ4n) is 2.67. The Morgan fingerprint density at radius 1 is 1.59 bits per heavy atom. The zero-order valence-corrected chi connectivity index (χ0v) is 9.81. The Hall–Kier alpha value is -1.46. The van der Waals surface area contributed by atoms with Crippen molar-refractivity contribution in [3.05, 3.63) is 23.4 Å². The quantitative estimate of drug-likeness (QED) is 0.624. The van der Waals surface area contributed by atoms with Crippen LogP contribution in [0.15, 0.2) is 28.4 Å². The van der Waals surface area contributed by atoms with E-state index in [9.17, 15) is 4.79 Å². The minimum Gasteiger partial charge on any atom is -0.300 e. The number of hydrazine groups is 1. The number of piperidine rings is 1. The number of carbonyl (C=O) groups excluding carboxylic acids is 1. The van der Waals surface area contributed by atoms with Gasteiger partial charge >= 0.3 is 0 Å². The molecule has 0 aliphatic carbocycles. The van der Waals surface area contributed by atoms with Crippen molar-refractivity contribution in [1.82, 2.24) is 15.8 Å². The van der Waals surface area contributed by atoms with E-state index in [1.807, 2.05) is 24.5 Å². The van der Waals surface area contributed by atoms with E-state index in [1.54, 1.807) is 0 Å². The molecule has 1 fully saturated rings. The summed E-state index contributed by atoms with van der Waals surface area (Å²) in [6.07, 6.45) is 7.61. The van der Waals surface area contributed by atoms with Crippen LogP contribution in [0, 0.1) is 0 Å². The summed E-state index contributed by atoms with van der Waals surface area (Å²) < 4.78 is 0. The van der Waals surface area contributed by atoms with E-state index in [4.69, 9.17) is 0 Å². The predicted molar refractivity (Wildman–Crippen MR) is 65.4 cm³/mol. The molecule has 5 nitrogen and oxygen atoms in total. The zero-order valence-electron chi connectivity index (χ0n) is 9.81. The smallest absolute Gasteiger partial charge is 0.157 e. The summed E-state index contributed by atoms with van der Waals surface area (Å²) in [6, 6.07) is 0.194. The Balaban J connectivity index is 1.99. The van der Waals surface area contributed by atoms with E-state index in [-0.39, 0.29) is 18.0 Å². The van der Waals surface area contributed by atoms with Crippen LogP contribution < -0.4 is 10.7 Å². The molecule has 3 rings (SSSR count). The molecule has 2 N–H and O–H groups in total. The van der Waals surface area contributed by atoms with E-state index in [0.717, 1.165) is 12.0 Å². The van der Waals surface area contributed by atoms with Gasteiger partial charge in [-0.3, -0.25) is 20.1 Å². The fourth-order valence-corrected chi connectivity index (χ4v) is 2.67. The maximum Gasteiger partial charge on any atom is 0.157 e. The normalized spacial score (nSPS) is 31.6. The molecule has 0 bridgehead atoms. The molecule has 0 amide bonds. The summed E-state index contributed by atoms with van der Waals surface area (Å²) in [4.78, 5) is 16.0. The molecule has 17 heavy (non-hydrogen) atoms. The van der Waals surface area contributed by atoms with Crippen molar-refractivity contribution in [2.45, 2.75) is 25.0 Å². The molecule has 3 aliphatic heterocycles. The number of ketones is 1. The number of carbonyl (C=O) groups is 1. The fraction of sp³-hybridized carbons (Fsp3) is 0.500. The van der Waals surface area contributed by atoms with Crippen molar-refractivity contribution in [2.75, 3.05) is 13.6 Å². The highest BCUT2D eigenvalue weighted by atomic mass is 16.1. The van der Waals surface area contributed by atoms with E-state index in [1.165, 1.54) is 5.57 Å². The van der Waals surface area contributed by atoms with Crippen molar-refractivity contribution in [2.24, 2.45) is 4.99 Å². The largest absolute Gasteiger partial charge is 0.300 e. The van der Waals surface area contributed by atoms with Crippen LogP contribution in [0.3, 0.4) is 0 Å². The van der Waals surface area contributed by atoms with Gasteiger partial charge in [0.25, 0.3) is 0 Å². The Morgan fingerprint density at radius 2 is 2.47 bits per heavy atom. The summed E-state index contributed by atoms with van der Waals surface area (Å²) in [5.74, 6) is 0.252. The Morgan fingerprint density at radius 3 is 3.29 bits per heavy atom. The van der Waals surface area contributed by atoms with Gasteiger partial charge in [-0.2, -0.15) is 0 Å². The molecule has 90 valence electrons. The summed E-state index contributed by atoms with van der Waals surface area (Å²) in [6.45, 7) is 0.468. The number of Topliss-reactive ketones (excluding diaryl/α,β-unsaturated/α-hetero) is 1. The summed E-state index contributed by atoms with van der Waals surface area (Å²) in [5, 5.41) is 5.27. The molecule has 5 heteroatoms.